The van der Waals surface area contributed by atoms with Gasteiger partial charge in [-0.15, -0.1) is 0 Å². The Bertz CT molecular complexity index is 1040. The maximum absolute atomic E-state index is 12.9. The van der Waals surface area contributed by atoms with Gasteiger partial charge in [-0.25, -0.2) is 12.7 Å². The van der Waals surface area contributed by atoms with E-state index in [0.29, 0.717) is 60.4 Å². The van der Waals surface area contributed by atoms with E-state index in [2.05, 4.69) is 5.32 Å². The third-order valence-electron chi connectivity index (χ3n) is 5.20. The molecule has 2 aromatic rings. The van der Waals surface area contributed by atoms with Crippen LogP contribution in [0.5, 0.6) is 11.5 Å². The highest BCUT2D eigenvalue weighted by Crippen LogP contribution is 2.33. The highest BCUT2D eigenvalue weighted by molar-refractivity contribution is 7.88. The number of sulfonamides is 1. The molecule has 1 N–H and O–H groups in total. The number of hydrogen-bond acceptors (Lipinski definition) is 5. The smallest absolute Gasteiger partial charge is 0.228 e. The predicted molar refractivity (Wildman–Crippen MR) is 114 cm³/mol. The van der Waals surface area contributed by atoms with Crippen LogP contribution in [0.25, 0.3) is 0 Å². The van der Waals surface area contributed by atoms with Gasteiger partial charge >= 0.3 is 0 Å². The molecule has 1 fully saturated rings. The number of anilines is 1. The summed E-state index contributed by atoms with van der Waals surface area (Å²) in [6, 6.07) is 12.1. The highest BCUT2D eigenvalue weighted by Gasteiger charge is 2.32. The molecule has 7 nitrogen and oxygen atoms in total. The minimum absolute atomic E-state index is 0.135. The average molecular weight is 451 g/mol. The number of nitrogens with one attached hydrogen (secondary N) is 1. The molecule has 2 aromatic carbocycles. The van der Waals surface area contributed by atoms with Crippen molar-refractivity contribution < 1.29 is 22.7 Å². The molecule has 9 heteroatoms. The van der Waals surface area contributed by atoms with Crippen LogP contribution in [-0.2, 0) is 20.6 Å². The molecule has 2 aliphatic heterocycles. The van der Waals surface area contributed by atoms with Gasteiger partial charge < -0.3 is 14.8 Å². The van der Waals surface area contributed by atoms with Crippen LogP contribution in [0.4, 0.5) is 5.69 Å². The Kier molecular flexibility index (Phi) is 6.17. The molecule has 30 heavy (non-hydrogen) atoms. The molecule has 2 aliphatic rings. The number of halogens is 1. The van der Waals surface area contributed by atoms with Crippen LogP contribution in [-0.4, -0.2) is 44.9 Å². The SMILES string of the molecule is O=C(Nc1ccc2c(c1)OCCO2)[C@H]1CCCN(S(=O)(=O)Cc2cccc(Cl)c2)C1. The van der Waals surface area contributed by atoms with Crippen LogP contribution < -0.4 is 14.8 Å². The molecule has 0 aliphatic carbocycles. The molecule has 1 saturated heterocycles. The Morgan fingerprint density at radius 1 is 1.13 bits per heavy atom. The van der Waals surface area contributed by atoms with E-state index >= 15 is 0 Å². The van der Waals surface area contributed by atoms with Gasteiger partial charge in [0.1, 0.15) is 13.2 Å². The fraction of sp³-hybridized carbons (Fsp3) is 0.381. The number of carbonyl (C=O) groups excluding carboxylic acids is 1. The van der Waals surface area contributed by atoms with Gasteiger partial charge in [0.15, 0.2) is 11.5 Å². The third kappa shape index (κ3) is 4.88. The van der Waals surface area contributed by atoms with Crippen LogP contribution in [0.2, 0.25) is 5.02 Å². The summed E-state index contributed by atoms with van der Waals surface area (Å²) in [4.78, 5) is 12.8. The molecule has 0 aromatic heterocycles. The van der Waals surface area contributed by atoms with Crippen molar-refractivity contribution in [2.75, 3.05) is 31.6 Å². The van der Waals surface area contributed by atoms with Crippen molar-refractivity contribution in [3.8, 4) is 11.5 Å². The molecule has 0 bridgehead atoms. The van der Waals surface area contributed by atoms with E-state index in [0.717, 1.165) is 0 Å². The maximum Gasteiger partial charge on any atom is 0.228 e. The van der Waals surface area contributed by atoms with Crippen molar-refractivity contribution in [1.29, 1.82) is 0 Å². The first-order valence-corrected chi connectivity index (χ1v) is 11.8. The average Bonchev–Trinajstić information content (AvgIpc) is 2.73. The zero-order chi connectivity index (χ0) is 21.1. The lowest BCUT2D eigenvalue weighted by atomic mass is 9.98. The van der Waals surface area contributed by atoms with Crippen molar-refractivity contribution in [2.45, 2.75) is 18.6 Å². The van der Waals surface area contributed by atoms with Crippen LogP contribution in [0.3, 0.4) is 0 Å². The van der Waals surface area contributed by atoms with E-state index in [1.165, 1.54) is 4.31 Å². The van der Waals surface area contributed by atoms with Gasteiger partial charge in [0.05, 0.1) is 11.7 Å². The number of nitrogens with zero attached hydrogens (tertiary/aromatic N) is 1. The van der Waals surface area contributed by atoms with E-state index < -0.39 is 15.9 Å². The molecular formula is C21H23ClN2O5S. The van der Waals surface area contributed by atoms with Gasteiger partial charge in [0, 0.05) is 29.9 Å². The van der Waals surface area contributed by atoms with Crippen LogP contribution in [0.15, 0.2) is 42.5 Å². The summed E-state index contributed by atoms with van der Waals surface area (Å²) >= 11 is 5.97. The summed E-state index contributed by atoms with van der Waals surface area (Å²) in [5, 5.41) is 3.38. The fourth-order valence-corrected chi connectivity index (χ4v) is 5.51. The standard InChI is InChI=1S/C21H23ClN2O5S/c22-17-5-1-3-15(11-17)14-30(26,27)24-8-2-4-16(13-24)21(25)23-18-6-7-19-20(12-18)29-10-9-28-19/h1,3,5-7,11-12,16H,2,4,8-10,13-14H2,(H,23,25)/t16-/m0/s1. The number of hydrogen-bond donors (Lipinski definition) is 1. The molecular weight excluding hydrogens is 428 g/mol. The highest BCUT2D eigenvalue weighted by atomic mass is 35.5. The van der Waals surface area contributed by atoms with Gasteiger partial charge in [-0.1, -0.05) is 23.7 Å². The number of carbonyl (C=O) groups is 1. The van der Waals surface area contributed by atoms with Gasteiger partial charge in [-0.05, 0) is 42.7 Å². The Balaban J connectivity index is 1.41. The van der Waals surface area contributed by atoms with Crippen molar-refractivity contribution in [2.24, 2.45) is 5.92 Å². The zero-order valence-corrected chi connectivity index (χ0v) is 17.9. The fourth-order valence-electron chi connectivity index (χ4n) is 3.70. The Hall–Kier alpha value is -2.29. The van der Waals surface area contributed by atoms with Crippen molar-refractivity contribution in [1.82, 2.24) is 4.31 Å². The topological polar surface area (TPSA) is 84.9 Å². The van der Waals surface area contributed by atoms with Gasteiger partial charge in [-0.2, -0.15) is 0 Å². The number of benzene rings is 2. The molecule has 2 heterocycles. The van der Waals surface area contributed by atoms with Crippen LogP contribution in [0.1, 0.15) is 18.4 Å². The molecule has 160 valence electrons. The Morgan fingerprint density at radius 2 is 1.93 bits per heavy atom. The van der Waals surface area contributed by atoms with Crippen molar-refractivity contribution in [3.63, 3.8) is 0 Å². The normalized spacial score (nSPS) is 19.3. The molecule has 0 spiro atoms. The summed E-state index contributed by atoms with van der Waals surface area (Å²) in [5.74, 6) is 0.489. The number of amides is 1. The summed E-state index contributed by atoms with van der Waals surface area (Å²) < 4.78 is 38.2. The zero-order valence-electron chi connectivity index (χ0n) is 16.3. The second kappa shape index (κ2) is 8.83. The number of ether oxygens (including phenoxy) is 2. The second-order valence-corrected chi connectivity index (χ2v) is 9.84. The molecule has 4 rings (SSSR count). The molecule has 0 saturated carbocycles. The summed E-state index contributed by atoms with van der Waals surface area (Å²) in [7, 11) is -3.55. The Labute approximate surface area is 181 Å². The summed E-state index contributed by atoms with van der Waals surface area (Å²) in [5.41, 5.74) is 1.23. The maximum atomic E-state index is 12.9. The number of rotatable bonds is 5. The van der Waals surface area contributed by atoms with Crippen molar-refractivity contribution in [3.05, 3.63) is 53.1 Å². The van der Waals surface area contributed by atoms with Gasteiger partial charge in [0.2, 0.25) is 15.9 Å². The quantitative estimate of drug-likeness (QED) is 0.755. The van der Waals surface area contributed by atoms with E-state index in [1.54, 1.807) is 42.5 Å². The monoisotopic (exact) mass is 450 g/mol. The van der Waals surface area contributed by atoms with E-state index in [9.17, 15) is 13.2 Å². The lowest BCUT2D eigenvalue weighted by Gasteiger charge is -2.31. The predicted octanol–water partition coefficient (Wildman–Crippen LogP) is 3.29. The lowest BCUT2D eigenvalue weighted by Crippen LogP contribution is -2.44. The largest absolute Gasteiger partial charge is 0.486 e. The first kappa shape index (κ1) is 21.0. The lowest BCUT2D eigenvalue weighted by molar-refractivity contribution is -0.120. The van der Waals surface area contributed by atoms with E-state index in [4.69, 9.17) is 21.1 Å². The third-order valence-corrected chi connectivity index (χ3v) is 7.25. The molecule has 0 unspecified atom stereocenters. The molecule has 1 atom stereocenters. The van der Waals surface area contributed by atoms with Gasteiger partial charge in [-0.3, -0.25) is 4.79 Å². The number of fused-ring (bicyclic) bond motifs is 1. The second-order valence-electron chi connectivity index (χ2n) is 7.43. The van der Waals surface area contributed by atoms with Crippen LogP contribution >= 0.6 is 11.6 Å². The summed E-state index contributed by atoms with van der Waals surface area (Å²) in [6.45, 7) is 1.54. The number of piperidine rings is 1. The van der Waals surface area contributed by atoms with Crippen molar-refractivity contribution >= 4 is 33.2 Å². The minimum Gasteiger partial charge on any atom is -0.486 e. The molecule has 0 radical (unpaired) electrons. The first-order chi connectivity index (χ1) is 14.4. The van der Waals surface area contributed by atoms with Gasteiger partial charge in [0.25, 0.3) is 0 Å². The van der Waals surface area contributed by atoms with Crippen LogP contribution in [0, 0.1) is 5.92 Å². The van der Waals surface area contributed by atoms with E-state index in [1.807, 2.05) is 0 Å². The van der Waals surface area contributed by atoms with E-state index in [-0.39, 0.29) is 18.2 Å². The molecule has 1 amide bonds. The Morgan fingerprint density at radius 3 is 2.73 bits per heavy atom. The minimum atomic E-state index is -3.55. The first-order valence-electron chi connectivity index (χ1n) is 9.83. The summed E-state index contributed by atoms with van der Waals surface area (Å²) in [6.07, 6.45) is 1.27.